The van der Waals surface area contributed by atoms with Gasteiger partial charge in [0.2, 0.25) is 21.8 Å². The maximum atomic E-state index is 13.2. The van der Waals surface area contributed by atoms with Crippen molar-refractivity contribution in [2.24, 2.45) is 0 Å². The van der Waals surface area contributed by atoms with Crippen LogP contribution in [-0.2, 0) is 26.2 Å². The van der Waals surface area contributed by atoms with Gasteiger partial charge in [0, 0.05) is 18.1 Å². The molecular weight excluding hydrogens is 529 g/mol. The normalized spacial score (nSPS) is 12.2. The number of hydrogen-bond acceptors (Lipinski definition) is 4. The van der Waals surface area contributed by atoms with Crippen LogP contribution in [0.25, 0.3) is 0 Å². The van der Waals surface area contributed by atoms with Crippen molar-refractivity contribution in [3.05, 3.63) is 62.5 Å². The van der Waals surface area contributed by atoms with E-state index in [1.807, 2.05) is 24.3 Å². The molecule has 2 aromatic rings. The number of likely N-dealkylation sites (N-methyl/N-ethyl adjacent to an activating group) is 1. The summed E-state index contributed by atoms with van der Waals surface area (Å²) in [6.07, 6.45) is 0.990. The molecule has 168 valence electrons. The summed E-state index contributed by atoms with van der Waals surface area (Å²) in [4.78, 5) is 26.8. The van der Waals surface area contributed by atoms with Gasteiger partial charge in [0.25, 0.3) is 0 Å². The number of sulfonamides is 1. The van der Waals surface area contributed by atoms with Crippen LogP contribution in [0.15, 0.2) is 46.9 Å². The first-order chi connectivity index (χ1) is 14.4. The third-order valence-corrected chi connectivity index (χ3v) is 6.96. The first-order valence-corrected chi connectivity index (χ1v) is 12.5. The molecule has 2 aromatic carbocycles. The van der Waals surface area contributed by atoms with E-state index in [2.05, 4.69) is 21.2 Å². The lowest BCUT2D eigenvalue weighted by molar-refractivity contribution is -0.139. The zero-order valence-corrected chi connectivity index (χ0v) is 21.0. The molecule has 0 bridgehead atoms. The minimum Gasteiger partial charge on any atom is -0.357 e. The molecule has 0 aliphatic rings. The molecule has 2 rings (SSSR count). The molecule has 0 aliphatic heterocycles. The van der Waals surface area contributed by atoms with E-state index >= 15 is 0 Å². The van der Waals surface area contributed by atoms with Gasteiger partial charge < -0.3 is 10.2 Å². The molecule has 0 radical (unpaired) electrons. The zero-order valence-electron chi connectivity index (χ0n) is 17.1. The minimum atomic E-state index is -3.83. The predicted octanol–water partition coefficient (Wildman–Crippen LogP) is 3.69. The molecule has 0 saturated heterocycles. The number of benzene rings is 2. The monoisotopic (exact) mass is 549 g/mol. The van der Waals surface area contributed by atoms with Gasteiger partial charge in [-0.2, -0.15) is 0 Å². The second-order valence-electron chi connectivity index (χ2n) is 6.81. The maximum Gasteiger partial charge on any atom is 0.244 e. The van der Waals surface area contributed by atoms with Gasteiger partial charge in [-0.25, -0.2) is 8.42 Å². The molecule has 31 heavy (non-hydrogen) atoms. The average molecular weight is 551 g/mol. The molecule has 0 saturated carbocycles. The Morgan fingerprint density at radius 3 is 2.23 bits per heavy atom. The van der Waals surface area contributed by atoms with Crippen molar-refractivity contribution < 1.29 is 18.0 Å². The van der Waals surface area contributed by atoms with Crippen LogP contribution >= 0.6 is 39.1 Å². The average Bonchev–Trinajstić information content (AvgIpc) is 2.71. The molecule has 0 unspecified atom stereocenters. The number of anilines is 1. The van der Waals surface area contributed by atoms with Gasteiger partial charge in [0.1, 0.15) is 12.6 Å². The summed E-state index contributed by atoms with van der Waals surface area (Å²) in [5, 5.41) is 2.94. The quantitative estimate of drug-likeness (QED) is 0.543. The Bertz CT molecular complexity index is 1060. The smallest absolute Gasteiger partial charge is 0.244 e. The van der Waals surface area contributed by atoms with Crippen LogP contribution in [0.2, 0.25) is 10.0 Å². The number of carbonyl (C=O) groups is 2. The molecule has 1 N–H and O–H groups in total. The highest BCUT2D eigenvalue weighted by atomic mass is 79.9. The first-order valence-electron chi connectivity index (χ1n) is 9.12. The van der Waals surface area contributed by atoms with Gasteiger partial charge >= 0.3 is 0 Å². The Kier molecular flexibility index (Phi) is 8.76. The van der Waals surface area contributed by atoms with E-state index in [9.17, 15) is 18.0 Å². The van der Waals surface area contributed by atoms with Crippen LogP contribution in [0.4, 0.5) is 5.69 Å². The molecule has 2 amide bonds. The lowest BCUT2D eigenvalue weighted by atomic mass is 10.1. The van der Waals surface area contributed by atoms with Crippen molar-refractivity contribution in [1.29, 1.82) is 0 Å². The molecule has 0 aliphatic carbocycles. The Morgan fingerprint density at radius 2 is 1.71 bits per heavy atom. The SMILES string of the molecule is CNC(=O)[C@@H](C)N(Cc1ccc(Br)cc1)C(=O)CN(c1ccc(Cl)c(Cl)c1)S(C)(=O)=O. The van der Waals surface area contributed by atoms with Crippen molar-refractivity contribution in [2.75, 3.05) is 24.2 Å². The van der Waals surface area contributed by atoms with E-state index in [1.54, 1.807) is 6.92 Å². The molecule has 0 aromatic heterocycles. The highest BCUT2D eigenvalue weighted by Crippen LogP contribution is 2.28. The number of carbonyl (C=O) groups excluding carboxylic acids is 2. The lowest BCUT2D eigenvalue weighted by Crippen LogP contribution is -2.50. The van der Waals surface area contributed by atoms with Gasteiger partial charge in [-0.05, 0) is 42.8 Å². The van der Waals surface area contributed by atoms with Gasteiger partial charge in [-0.1, -0.05) is 51.3 Å². The van der Waals surface area contributed by atoms with E-state index in [0.29, 0.717) is 0 Å². The van der Waals surface area contributed by atoms with Gasteiger partial charge in [-0.15, -0.1) is 0 Å². The molecule has 0 spiro atoms. The number of halogens is 3. The number of nitrogens with zero attached hydrogens (tertiary/aromatic N) is 2. The van der Waals surface area contributed by atoms with Crippen LogP contribution < -0.4 is 9.62 Å². The Labute approximate surface area is 200 Å². The van der Waals surface area contributed by atoms with E-state index in [-0.39, 0.29) is 28.2 Å². The second-order valence-corrected chi connectivity index (χ2v) is 10.4. The number of nitrogens with one attached hydrogen (secondary N) is 1. The van der Waals surface area contributed by atoms with Crippen molar-refractivity contribution in [2.45, 2.75) is 19.5 Å². The van der Waals surface area contributed by atoms with E-state index in [4.69, 9.17) is 23.2 Å². The van der Waals surface area contributed by atoms with Crippen molar-refractivity contribution in [3.8, 4) is 0 Å². The maximum absolute atomic E-state index is 13.2. The summed E-state index contributed by atoms with van der Waals surface area (Å²) in [5.41, 5.74) is 0.981. The summed E-state index contributed by atoms with van der Waals surface area (Å²) in [6, 6.07) is 10.7. The van der Waals surface area contributed by atoms with Crippen molar-refractivity contribution in [3.63, 3.8) is 0 Å². The van der Waals surface area contributed by atoms with Crippen molar-refractivity contribution in [1.82, 2.24) is 10.2 Å². The molecule has 0 fully saturated rings. The fourth-order valence-electron chi connectivity index (χ4n) is 2.83. The van der Waals surface area contributed by atoms with Gasteiger partial charge in [0.15, 0.2) is 0 Å². The summed E-state index contributed by atoms with van der Waals surface area (Å²) in [5.74, 6) is -0.915. The third-order valence-electron chi connectivity index (χ3n) is 4.55. The van der Waals surface area contributed by atoms with Gasteiger partial charge in [0.05, 0.1) is 22.0 Å². The summed E-state index contributed by atoms with van der Waals surface area (Å²) >= 11 is 15.3. The van der Waals surface area contributed by atoms with E-state index in [1.165, 1.54) is 30.1 Å². The number of rotatable bonds is 8. The first kappa shape index (κ1) is 25.5. The topological polar surface area (TPSA) is 86.8 Å². The lowest BCUT2D eigenvalue weighted by Gasteiger charge is -2.31. The Hall–Kier alpha value is -1.81. The van der Waals surface area contributed by atoms with E-state index in [0.717, 1.165) is 20.6 Å². The van der Waals surface area contributed by atoms with Crippen LogP contribution in [0, 0.1) is 0 Å². The molecular formula is C20H22BrCl2N3O4S. The predicted molar refractivity (Wildman–Crippen MR) is 127 cm³/mol. The van der Waals surface area contributed by atoms with Crippen LogP contribution in [0.1, 0.15) is 12.5 Å². The zero-order chi connectivity index (χ0) is 23.3. The van der Waals surface area contributed by atoms with E-state index < -0.39 is 28.5 Å². The van der Waals surface area contributed by atoms with Gasteiger partial charge in [-0.3, -0.25) is 13.9 Å². The molecule has 1 atom stereocenters. The fourth-order valence-corrected chi connectivity index (χ4v) is 4.23. The van der Waals surface area contributed by atoms with Crippen LogP contribution in [-0.4, -0.2) is 51.0 Å². The fraction of sp³-hybridized carbons (Fsp3) is 0.300. The third kappa shape index (κ3) is 6.83. The second kappa shape index (κ2) is 10.7. The highest BCUT2D eigenvalue weighted by molar-refractivity contribution is 9.10. The number of amides is 2. The summed E-state index contributed by atoms with van der Waals surface area (Å²) < 4.78 is 26.7. The summed E-state index contributed by atoms with van der Waals surface area (Å²) in [7, 11) is -2.36. The standard InChI is InChI=1S/C20H22BrCl2N3O4S/c1-13(20(28)24-2)25(11-14-4-6-15(21)7-5-14)19(27)12-26(31(3,29)30)16-8-9-17(22)18(23)10-16/h4-10,13H,11-12H2,1-3H3,(H,24,28)/t13-/m1/s1. The van der Waals surface area contributed by atoms with Crippen molar-refractivity contribution >= 4 is 66.7 Å². The molecule has 11 heteroatoms. The minimum absolute atomic E-state index is 0.125. The highest BCUT2D eigenvalue weighted by Gasteiger charge is 2.29. The number of hydrogen-bond donors (Lipinski definition) is 1. The van der Waals surface area contributed by atoms with Crippen LogP contribution in [0.3, 0.4) is 0 Å². The molecule has 0 heterocycles. The summed E-state index contributed by atoms with van der Waals surface area (Å²) in [6.45, 7) is 1.20. The Morgan fingerprint density at radius 1 is 1.10 bits per heavy atom. The largest absolute Gasteiger partial charge is 0.357 e. The molecule has 7 nitrogen and oxygen atoms in total. The Balaban J connectivity index is 2.39. The van der Waals surface area contributed by atoms with Crippen LogP contribution in [0.5, 0.6) is 0 Å².